The van der Waals surface area contributed by atoms with Crippen LogP contribution in [0.5, 0.6) is 17.2 Å². The molecule has 1 heterocycles. The zero-order valence-electron chi connectivity index (χ0n) is 15.2. The molecule has 0 saturated heterocycles. The number of aliphatic hydroxyl groups excluding tert-OH is 1. The van der Waals surface area contributed by atoms with Crippen molar-refractivity contribution in [3.05, 3.63) is 34.1 Å². The van der Waals surface area contributed by atoms with E-state index in [1.807, 2.05) is 20.8 Å². The molecule has 0 aromatic heterocycles. The molecular formula is C20H20O6. The zero-order valence-corrected chi connectivity index (χ0v) is 15.2. The van der Waals surface area contributed by atoms with E-state index in [1.165, 1.54) is 13.2 Å². The number of fused-ring (bicyclic) bond motifs is 2. The van der Waals surface area contributed by atoms with Crippen molar-refractivity contribution in [2.24, 2.45) is 0 Å². The number of ether oxygens (including phenoxy) is 2. The highest BCUT2D eigenvalue weighted by Crippen LogP contribution is 2.57. The normalized spacial score (nSPS) is 20.3. The highest BCUT2D eigenvalue weighted by atomic mass is 16.5. The third-order valence-electron chi connectivity index (χ3n) is 5.73. The number of ketones is 1. The van der Waals surface area contributed by atoms with Gasteiger partial charge in [-0.2, -0.15) is 0 Å². The monoisotopic (exact) mass is 356 g/mol. The number of aromatic hydroxyl groups is 2. The minimum atomic E-state index is -0.635. The second-order valence-electron chi connectivity index (χ2n) is 7.46. The molecule has 0 spiro atoms. The lowest BCUT2D eigenvalue weighted by molar-refractivity contribution is 0.0947. The molecule has 1 unspecified atom stereocenters. The largest absolute Gasteiger partial charge is 0.507 e. The van der Waals surface area contributed by atoms with Gasteiger partial charge in [0.1, 0.15) is 23.4 Å². The SMILES string of the molecule is COC1=C(O)c2c3c(c(O)c4c(C)cc(O)c(c24)C1=O)C(C)(C)C(C)O3. The summed E-state index contributed by atoms with van der Waals surface area (Å²) in [6.07, 6.45) is -0.259. The number of hydrogen-bond acceptors (Lipinski definition) is 6. The smallest absolute Gasteiger partial charge is 0.235 e. The second-order valence-corrected chi connectivity index (χ2v) is 7.46. The number of allylic oxidation sites excluding steroid dienone is 1. The predicted molar refractivity (Wildman–Crippen MR) is 96.0 cm³/mol. The summed E-state index contributed by atoms with van der Waals surface area (Å²) in [7, 11) is 1.28. The van der Waals surface area contributed by atoms with Crippen molar-refractivity contribution in [1.82, 2.24) is 0 Å². The first kappa shape index (κ1) is 16.6. The molecule has 1 atom stereocenters. The Kier molecular flexibility index (Phi) is 3.09. The van der Waals surface area contributed by atoms with Gasteiger partial charge in [0, 0.05) is 21.8 Å². The summed E-state index contributed by atoms with van der Waals surface area (Å²) in [5.74, 6) is -1.14. The zero-order chi connectivity index (χ0) is 19.1. The van der Waals surface area contributed by atoms with Crippen LogP contribution in [0, 0.1) is 6.92 Å². The number of benzene rings is 2. The van der Waals surface area contributed by atoms with Gasteiger partial charge >= 0.3 is 0 Å². The second kappa shape index (κ2) is 4.84. The molecule has 1 aliphatic carbocycles. The fourth-order valence-electron chi connectivity index (χ4n) is 4.05. The maximum atomic E-state index is 12.8. The lowest BCUT2D eigenvalue weighted by Crippen LogP contribution is -2.28. The van der Waals surface area contributed by atoms with E-state index in [0.29, 0.717) is 22.3 Å². The van der Waals surface area contributed by atoms with E-state index in [0.717, 1.165) is 0 Å². The molecule has 0 bridgehead atoms. The van der Waals surface area contributed by atoms with Crippen molar-refractivity contribution in [3.63, 3.8) is 0 Å². The molecule has 2 aromatic rings. The van der Waals surface area contributed by atoms with Gasteiger partial charge in [0.25, 0.3) is 0 Å². The maximum Gasteiger partial charge on any atom is 0.235 e. The van der Waals surface area contributed by atoms with Crippen molar-refractivity contribution in [1.29, 1.82) is 0 Å². The van der Waals surface area contributed by atoms with Crippen LogP contribution in [0.1, 0.15) is 47.8 Å². The summed E-state index contributed by atoms with van der Waals surface area (Å²) in [5.41, 5.74) is 0.928. The third kappa shape index (κ3) is 1.69. The standard InChI is InChI=1S/C20H20O6/c1-7-6-9(21)11-12-10(7)15(22)14-18(26-8(2)20(14,3)4)13(12)17(24)19(25-5)16(11)23/h6,8,21-22,24H,1-5H3. The molecule has 0 saturated carbocycles. The number of aliphatic hydroxyl groups is 1. The van der Waals surface area contributed by atoms with Crippen molar-refractivity contribution < 1.29 is 29.6 Å². The topological polar surface area (TPSA) is 96.2 Å². The molecule has 6 heteroatoms. The molecule has 0 radical (unpaired) electrons. The Morgan fingerprint density at radius 3 is 2.42 bits per heavy atom. The lowest BCUT2D eigenvalue weighted by Gasteiger charge is -2.25. The minimum absolute atomic E-state index is 0.00527. The first-order chi connectivity index (χ1) is 12.1. The molecule has 1 aliphatic heterocycles. The Morgan fingerprint density at radius 2 is 1.81 bits per heavy atom. The number of hydrogen-bond donors (Lipinski definition) is 3. The van der Waals surface area contributed by atoms with Gasteiger partial charge in [-0.25, -0.2) is 0 Å². The number of rotatable bonds is 1. The quantitative estimate of drug-likeness (QED) is 0.721. The predicted octanol–water partition coefficient (Wildman–Crippen LogP) is 3.69. The number of methoxy groups -OCH3 is 1. The van der Waals surface area contributed by atoms with Crippen molar-refractivity contribution in [2.75, 3.05) is 7.11 Å². The van der Waals surface area contributed by atoms with Gasteiger partial charge in [0.2, 0.25) is 11.5 Å². The van der Waals surface area contributed by atoms with Crippen LogP contribution in [-0.4, -0.2) is 34.3 Å². The van der Waals surface area contributed by atoms with Crippen molar-refractivity contribution >= 4 is 22.3 Å². The summed E-state index contributed by atoms with van der Waals surface area (Å²) < 4.78 is 11.1. The van der Waals surface area contributed by atoms with Crippen LogP contribution >= 0.6 is 0 Å². The van der Waals surface area contributed by atoms with Crippen LogP contribution in [-0.2, 0) is 10.2 Å². The number of carbonyl (C=O) groups is 1. The first-order valence-corrected chi connectivity index (χ1v) is 8.37. The average Bonchev–Trinajstić information content (AvgIpc) is 2.77. The molecule has 2 aromatic carbocycles. The van der Waals surface area contributed by atoms with Crippen LogP contribution in [0.25, 0.3) is 16.5 Å². The van der Waals surface area contributed by atoms with Crippen molar-refractivity contribution in [2.45, 2.75) is 39.2 Å². The number of phenols is 2. The van der Waals surface area contributed by atoms with Gasteiger partial charge in [-0.05, 0) is 25.5 Å². The van der Waals surface area contributed by atoms with Gasteiger partial charge in [0.15, 0.2) is 5.76 Å². The van der Waals surface area contributed by atoms with E-state index in [1.54, 1.807) is 6.92 Å². The van der Waals surface area contributed by atoms with Crippen LogP contribution in [0.2, 0.25) is 0 Å². The molecule has 136 valence electrons. The minimum Gasteiger partial charge on any atom is -0.507 e. The Balaban J connectivity index is 2.33. The summed E-state index contributed by atoms with van der Waals surface area (Å²) in [6, 6.07) is 1.44. The Labute approximate surface area is 150 Å². The number of carbonyl (C=O) groups excluding carboxylic acids is 1. The van der Waals surface area contributed by atoms with Gasteiger partial charge in [-0.1, -0.05) is 13.8 Å². The van der Waals surface area contributed by atoms with E-state index in [2.05, 4.69) is 0 Å². The third-order valence-corrected chi connectivity index (χ3v) is 5.73. The van der Waals surface area contributed by atoms with E-state index in [4.69, 9.17) is 9.47 Å². The summed E-state index contributed by atoms with van der Waals surface area (Å²) in [6.45, 7) is 7.51. The van der Waals surface area contributed by atoms with E-state index in [9.17, 15) is 20.1 Å². The van der Waals surface area contributed by atoms with E-state index < -0.39 is 11.2 Å². The highest BCUT2D eigenvalue weighted by Gasteiger charge is 2.47. The van der Waals surface area contributed by atoms with Crippen LogP contribution in [0.4, 0.5) is 0 Å². The Hall–Kier alpha value is -2.89. The fraction of sp³-hybridized carbons (Fsp3) is 0.350. The maximum absolute atomic E-state index is 12.8. The number of phenolic OH excluding ortho intramolecular Hbond substituents is 2. The van der Waals surface area contributed by atoms with Gasteiger partial charge in [-0.15, -0.1) is 0 Å². The van der Waals surface area contributed by atoms with E-state index in [-0.39, 0.29) is 45.6 Å². The molecule has 3 N–H and O–H groups in total. The molecule has 0 fully saturated rings. The van der Waals surface area contributed by atoms with Gasteiger partial charge < -0.3 is 24.8 Å². The first-order valence-electron chi connectivity index (χ1n) is 8.37. The van der Waals surface area contributed by atoms with Crippen LogP contribution in [0.15, 0.2) is 11.8 Å². The van der Waals surface area contributed by atoms with Gasteiger partial charge in [-0.3, -0.25) is 4.79 Å². The summed E-state index contributed by atoms with van der Waals surface area (Å²) in [5, 5.41) is 33.0. The average molecular weight is 356 g/mol. The molecule has 6 nitrogen and oxygen atoms in total. The number of Topliss-reactive ketones (excluding diaryl/α,β-unsaturated/α-hetero) is 1. The molecule has 2 aliphatic rings. The van der Waals surface area contributed by atoms with Crippen molar-refractivity contribution in [3.8, 4) is 17.2 Å². The van der Waals surface area contributed by atoms with Crippen LogP contribution < -0.4 is 4.74 Å². The van der Waals surface area contributed by atoms with Crippen LogP contribution in [0.3, 0.4) is 0 Å². The number of aryl methyl sites for hydroxylation is 1. The molecular weight excluding hydrogens is 336 g/mol. The Morgan fingerprint density at radius 1 is 1.15 bits per heavy atom. The summed E-state index contributed by atoms with van der Waals surface area (Å²) >= 11 is 0. The van der Waals surface area contributed by atoms with Gasteiger partial charge in [0.05, 0.1) is 18.2 Å². The molecule has 26 heavy (non-hydrogen) atoms. The highest BCUT2D eigenvalue weighted by molar-refractivity contribution is 6.26. The lowest BCUT2D eigenvalue weighted by atomic mass is 9.77. The fourth-order valence-corrected chi connectivity index (χ4v) is 4.05. The summed E-state index contributed by atoms with van der Waals surface area (Å²) in [4.78, 5) is 12.8. The molecule has 0 amide bonds. The Bertz CT molecular complexity index is 1040. The molecule has 4 rings (SSSR count). The van der Waals surface area contributed by atoms with E-state index >= 15 is 0 Å².